The van der Waals surface area contributed by atoms with Gasteiger partial charge in [-0.3, -0.25) is 4.79 Å². The monoisotopic (exact) mass is 549 g/mol. The van der Waals surface area contributed by atoms with Crippen molar-refractivity contribution in [1.29, 1.82) is 0 Å². The van der Waals surface area contributed by atoms with Gasteiger partial charge in [-0.15, -0.1) is 0 Å². The van der Waals surface area contributed by atoms with Gasteiger partial charge in [-0.25, -0.2) is 18.4 Å². The van der Waals surface area contributed by atoms with Crippen LogP contribution in [-0.4, -0.2) is 29.1 Å². The minimum absolute atomic E-state index is 0.0358. The van der Waals surface area contributed by atoms with Crippen LogP contribution in [0.4, 0.5) is 25.0 Å². The van der Waals surface area contributed by atoms with Gasteiger partial charge in [-0.05, 0) is 78.6 Å². The number of carbonyl (C=O) groups is 3. The molecule has 40 heavy (non-hydrogen) atoms. The number of nitrogens with one attached hydrogen (secondary N) is 3. The summed E-state index contributed by atoms with van der Waals surface area (Å²) in [6, 6.07) is 11.7. The highest BCUT2D eigenvalue weighted by molar-refractivity contribution is 6.08. The van der Waals surface area contributed by atoms with Crippen molar-refractivity contribution in [3.05, 3.63) is 82.9 Å². The van der Waals surface area contributed by atoms with E-state index in [0.717, 1.165) is 42.5 Å². The minimum Gasteiger partial charge on any atom is -0.480 e. The molecule has 1 aliphatic carbocycles. The van der Waals surface area contributed by atoms with E-state index in [0.29, 0.717) is 29.7 Å². The van der Waals surface area contributed by atoms with Crippen LogP contribution in [0.1, 0.15) is 60.5 Å². The topological polar surface area (TPSA) is 108 Å². The first-order valence-electron chi connectivity index (χ1n) is 13.3. The maximum Gasteiger partial charge on any atom is 0.326 e. The van der Waals surface area contributed by atoms with Gasteiger partial charge in [0.05, 0.1) is 11.3 Å². The smallest absolute Gasteiger partial charge is 0.326 e. The molecule has 9 heteroatoms. The maximum atomic E-state index is 14.0. The molecule has 1 fully saturated rings. The molecule has 3 aromatic carbocycles. The number of urea groups is 1. The number of para-hydroxylation sites is 1. The van der Waals surface area contributed by atoms with Crippen LogP contribution in [0, 0.1) is 30.9 Å². The van der Waals surface area contributed by atoms with E-state index in [-0.39, 0.29) is 11.3 Å². The standard InChI is InChI=1S/C31H33F2N3O4/c1-18-8-7-9-19(2)26(18)35-30(40)34-25-17-21(20-11-13-23(32)24(33)16-20)10-12-22(25)28(37)36-27(29(38)39)31(3)14-5-4-6-15-31/h7-13,16-17,27H,4-6,14-15H2,1-3H3,(H,36,37)(H,38,39)(H2,34,35,40)/t27-/m1/s1. The summed E-state index contributed by atoms with van der Waals surface area (Å²) in [6.07, 6.45) is 4.12. The lowest BCUT2D eigenvalue weighted by Gasteiger charge is -2.38. The third kappa shape index (κ3) is 6.30. The normalized spacial score (nSPS) is 15.1. The van der Waals surface area contributed by atoms with Gasteiger partial charge in [0.2, 0.25) is 0 Å². The van der Waals surface area contributed by atoms with Gasteiger partial charge < -0.3 is 21.1 Å². The molecule has 0 aromatic heterocycles. The number of aliphatic carboxylic acids is 1. The van der Waals surface area contributed by atoms with Gasteiger partial charge >= 0.3 is 12.0 Å². The Balaban J connectivity index is 1.68. The quantitative estimate of drug-likeness (QED) is 0.253. The minimum atomic E-state index is -1.13. The van der Waals surface area contributed by atoms with Crippen LogP contribution in [0.5, 0.6) is 0 Å². The predicted octanol–water partition coefficient (Wildman–Crippen LogP) is 7.05. The number of carboxylic acids is 1. The molecule has 210 valence electrons. The molecule has 0 aliphatic heterocycles. The van der Waals surface area contributed by atoms with Crippen molar-refractivity contribution in [1.82, 2.24) is 5.32 Å². The van der Waals surface area contributed by atoms with Crippen LogP contribution in [0.2, 0.25) is 0 Å². The first-order chi connectivity index (χ1) is 19.0. The fourth-order valence-corrected chi connectivity index (χ4v) is 5.37. The lowest BCUT2D eigenvalue weighted by molar-refractivity contribution is -0.143. The highest BCUT2D eigenvalue weighted by atomic mass is 19.2. The highest BCUT2D eigenvalue weighted by Gasteiger charge is 2.41. The fraction of sp³-hybridized carbons (Fsp3) is 0.323. The Bertz CT molecular complexity index is 1430. The summed E-state index contributed by atoms with van der Waals surface area (Å²) in [5.74, 6) is -3.83. The summed E-state index contributed by atoms with van der Waals surface area (Å²) in [4.78, 5) is 38.8. The lowest BCUT2D eigenvalue weighted by atomic mass is 9.70. The Morgan fingerprint density at radius 3 is 2.10 bits per heavy atom. The zero-order valence-corrected chi connectivity index (χ0v) is 22.7. The Morgan fingerprint density at radius 2 is 1.48 bits per heavy atom. The zero-order chi connectivity index (χ0) is 29.0. The first kappa shape index (κ1) is 28.7. The van der Waals surface area contributed by atoms with Crippen LogP contribution < -0.4 is 16.0 Å². The Labute approximate surface area is 232 Å². The molecule has 0 saturated heterocycles. The number of carbonyl (C=O) groups excluding carboxylic acids is 2. The molecule has 0 unspecified atom stereocenters. The number of halogens is 2. The van der Waals surface area contributed by atoms with E-state index < -0.39 is 41.0 Å². The lowest BCUT2D eigenvalue weighted by Crippen LogP contribution is -2.52. The number of amides is 3. The van der Waals surface area contributed by atoms with E-state index in [1.807, 2.05) is 39.0 Å². The van der Waals surface area contributed by atoms with Gasteiger partial charge in [0, 0.05) is 5.69 Å². The maximum absolute atomic E-state index is 14.0. The second kappa shape index (κ2) is 11.9. The number of rotatable bonds is 7. The largest absolute Gasteiger partial charge is 0.480 e. The Hall–Kier alpha value is -4.27. The molecule has 1 atom stereocenters. The highest BCUT2D eigenvalue weighted by Crippen LogP contribution is 2.39. The van der Waals surface area contributed by atoms with Crippen LogP contribution in [0.15, 0.2) is 54.6 Å². The fourth-order valence-electron chi connectivity index (χ4n) is 5.37. The van der Waals surface area contributed by atoms with Crippen molar-refractivity contribution >= 4 is 29.3 Å². The number of aryl methyl sites for hydroxylation is 2. The summed E-state index contributed by atoms with van der Waals surface area (Å²) in [5.41, 5.74) is 2.56. The summed E-state index contributed by atoms with van der Waals surface area (Å²) >= 11 is 0. The van der Waals surface area contributed by atoms with E-state index in [9.17, 15) is 28.3 Å². The number of carboxylic acid groups (broad SMARTS) is 1. The molecular formula is C31H33F2N3O4. The second-order valence-electron chi connectivity index (χ2n) is 10.7. The number of anilines is 2. The molecule has 4 rings (SSSR count). The molecule has 0 radical (unpaired) electrons. The molecule has 1 aliphatic rings. The van der Waals surface area contributed by atoms with Crippen molar-refractivity contribution in [3.8, 4) is 11.1 Å². The first-order valence-corrected chi connectivity index (χ1v) is 13.3. The number of hydrogen-bond acceptors (Lipinski definition) is 3. The molecule has 3 aromatic rings. The molecule has 1 saturated carbocycles. The third-order valence-electron chi connectivity index (χ3n) is 7.70. The van der Waals surface area contributed by atoms with Gasteiger partial charge in [-0.1, -0.05) is 56.5 Å². The Kier molecular flexibility index (Phi) is 8.52. The predicted molar refractivity (Wildman–Crippen MR) is 150 cm³/mol. The molecule has 3 amide bonds. The Morgan fingerprint density at radius 1 is 0.850 bits per heavy atom. The summed E-state index contributed by atoms with van der Waals surface area (Å²) < 4.78 is 27.5. The van der Waals surface area contributed by atoms with E-state index in [1.54, 1.807) is 0 Å². The summed E-state index contributed by atoms with van der Waals surface area (Å²) in [7, 11) is 0. The molecule has 0 spiro atoms. The molecule has 4 N–H and O–H groups in total. The van der Waals surface area contributed by atoms with Crippen LogP contribution in [-0.2, 0) is 4.79 Å². The number of hydrogen-bond donors (Lipinski definition) is 4. The van der Waals surface area contributed by atoms with Crippen molar-refractivity contribution in [2.45, 2.75) is 58.9 Å². The molecule has 0 heterocycles. The van der Waals surface area contributed by atoms with E-state index >= 15 is 0 Å². The second-order valence-corrected chi connectivity index (χ2v) is 10.7. The van der Waals surface area contributed by atoms with Crippen LogP contribution in [0.25, 0.3) is 11.1 Å². The van der Waals surface area contributed by atoms with E-state index in [4.69, 9.17) is 0 Å². The number of benzene rings is 3. The molecular weight excluding hydrogens is 516 g/mol. The van der Waals surface area contributed by atoms with Crippen molar-refractivity contribution in [3.63, 3.8) is 0 Å². The molecule has 0 bridgehead atoms. The van der Waals surface area contributed by atoms with Crippen LogP contribution >= 0.6 is 0 Å². The van der Waals surface area contributed by atoms with E-state index in [2.05, 4.69) is 16.0 Å². The van der Waals surface area contributed by atoms with Crippen molar-refractivity contribution in [2.24, 2.45) is 5.41 Å². The van der Waals surface area contributed by atoms with Gasteiger partial charge in [0.25, 0.3) is 5.91 Å². The third-order valence-corrected chi connectivity index (χ3v) is 7.70. The van der Waals surface area contributed by atoms with E-state index in [1.165, 1.54) is 24.3 Å². The van der Waals surface area contributed by atoms with Gasteiger partial charge in [-0.2, -0.15) is 0 Å². The summed E-state index contributed by atoms with van der Waals surface area (Å²) in [6.45, 7) is 5.57. The van der Waals surface area contributed by atoms with Gasteiger partial charge in [0.15, 0.2) is 11.6 Å². The average molecular weight is 550 g/mol. The molecule has 7 nitrogen and oxygen atoms in total. The SMILES string of the molecule is Cc1cccc(C)c1NC(=O)Nc1cc(-c2ccc(F)c(F)c2)ccc1C(=O)N[C@H](C(=O)O)C1(C)CCCCC1. The summed E-state index contributed by atoms with van der Waals surface area (Å²) in [5, 5.41) is 18.2. The average Bonchev–Trinajstić information content (AvgIpc) is 2.91. The van der Waals surface area contributed by atoms with Crippen molar-refractivity contribution in [2.75, 3.05) is 10.6 Å². The van der Waals surface area contributed by atoms with Gasteiger partial charge in [0.1, 0.15) is 6.04 Å². The zero-order valence-electron chi connectivity index (χ0n) is 22.7. The van der Waals surface area contributed by atoms with Crippen molar-refractivity contribution < 1.29 is 28.3 Å². The van der Waals surface area contributed by atoms with Crippen LogP contribution in [0.3, 0.4) is 0 Å².